The molecule has 1 aliphatic rings. The van der Waals surface area contributed by atoms with E-state index in [1.807, 2.05) is 37.3 Å². The second-order valence-electron chi connectivity index (χ2n) is 7.75. The number of para-hydroxylation sites is 2. The number of aromatic nitrogens is 1. The number of carbonyl (C=O) groups excluding carboxylic acids is 1. The van der Waals surface area contributed by atoms with Gasteiger partial charge in [-0.05, 0) is 43.5 Å². The second kappa shape index (κ2) is 8.35. The van der Waals surface area contributed by atoms with Crippen molar-refractivity contribution in [1.82, 2.24) is 9.88 Å². The lowest BCUT2D eigenvalue weighted by Gasteiger charge is -2.33. The monoisotopic (exact) mass is 443 g/mol. The molecule has 3 aromatic rings. The van der Waals surface area contributed by atoms with E-state index in [4.69, 9.17) is 4.98 Å². The van der Waals surface area contributed by atoms with Crippen molar-refractivity contribution in [3.8, 4) is 0 Å². The summed E-state index contributed by atoms with van der Waals surface area (Å²) >= 11 is 1.68. The summed E-state index contributed by atoms with van der Waals surface area (Å²) in [6, 6.07) is 15.3. The molecule has 0 N–H and O–H groups in total. The van der Waals surface area contributed by atoms with Crippen molar-refractivity contribution in [2.24, 2.45) is 0 Å². The number of piperidine rings is 1. The lowest BCUT2D eigenvalue weighted by Crippen LogP contribution is -2.46. The number of nitrogens with zero attached hydrogens (tertiary/aromatic N) is 3. The molecule has 2 heterocycles. The summed E-state index contributed by atoms with van der Waals surface area (Å²) in [5.74, 6) is 0.0136. The molecule has 0 bridgehead atoms. The molecule has 1 saturated heterocycles. The highest BCUT2D eigenvalue weighted by molar-refractivity contribution is 7.92. The number of amides is 1. The van der Waals surface area contributed by atoms with Crippen molar-refractivity contribution in [1.29, 1.82) is 0 Å². The predicted molar refractivity (Wildman–Crippen MR) is 122 cm³/mol. The first-order valence-electron chi connectivity index (χ1n) is 9.99. The van der Waals surface area contributed by atoms with Gasteiger partial charge in [0.25, 0.3) is 0 Å². The summed E-state index contributed by atoms with van der Waals surface area (Å²) in [5.41, 5.74) is 2.36. The highest BCUT2D eigenvalue weighted by atomic mass is 32.2. The molecule has 1 fully saturated rings. The van der Waals surface area contributed by atoms with E-state index in [1.165, 1.54) is 4.31 Å². The van der Waals surface area contributed by atoms with Crippen LogP contribution in [0.4, 0.5) is 5.69 Å². The summed E-state index contributed by atoms with van der Waals surface area (Å²) in [6.07, 6.45) is 3.01. The zero-order chi connectivity index (χ0) is 21.3. The molecular weight excluding hydrogens is 418 g/mol. The first kappa shape index (κ1) is 20.8. The minimum Gasteiger partial charge on any atom is -0.340 e. The van der Waals surface area contributed by atoms with Gasteiger partial charge in [0.2, 0.25) is 15.9 Å². The van der Waals surface area contributed by atoms with E-state index in [9.17, 15) is 13.2 Å². The maximum atomic E-state index is 13.1. The fraction of sp³-hybridized carbons (Fsp3) is 0.364. The van der Waals surface area contributed by atoms with Crippen LogP contribution >= 0.6 is 11.3 Å². The predicted octanol–water partition coefficient (Wildman–Crippen LogP) is 3.78. The number of thiazole rings is 1. The van der Waals surface area contributed by atoms with Crippen molar-refractivity contribution in [3.05, 3.63) is 59.1 Å². The summed E-state index contributed by atoms with van der Waals surface area (Å²) in [5, 5.41) is 1.05. The maximum Gasteiger partial charge on any atom is 0.243 e. The number of hydrogen-bond acceptors (Lipinski definition) is 5. The van der Waals surface area contributed by atoms with E-state index in [0.29, 0.717) is 18.8 Å². The molecule has 0 radical (unpaired) electrons. The van der Waals surface area contributed by atoms with Gasteiger partial charge in [0.15, 0.2) is 0 Å². The summed E-state index contributed by atoms with van der Waals surface area (Å²) in [7, 11) is -3.58. The molecule has 1 atom stereocenters. The van der Waals surface area contributed by atoms with Crippen LogP contribution in [0.15, 0.2) is 48.5 Å². The standard InChI is InChI=1S/C22H25N3O3S2/c1-16-8-3-5-11-19(16)25(30(2,27)28)15-21(26)24-13-7-9-17(14-24)22-23-18-10-4-6-12-20(18)29-22/h3-6,8,10-12,17H,7,9,13-15H2,1-2H3. The number of fused-ring (bicyclic) bond motifs is 1. The Bertz CT molecular complexity index is 1140. The highest BCUT2D eigenvalue weighted by Gasteiger charge is 2.30. The van der Waals surface area contributed by atoms with Crippen LogP contribution in [0.2, 0.25) is 0 Å². The Labute approximate surface area is 181 Å². The van der Waals surface area contributed by atoms with Gasteiger partial charge in [-0.15, -0.1) is 11.3 Å². The van der Waals surface area contributed by atoms with Crippen LogP contribution in [0, 0.1) is 6.92 Å². The van der Waals surface area contributed by atoms with Gasteiger partial charge in [0.1, 0.15) is 6.54 Å². The van der Waals surface area contributed by atoms with E-state index < -0.39 is 10.0 Å². The highest BCUT2D eigenvalue weighted by Crippen LogP contribution is 2.33. The van der Waals surface area contributed by atoms with E-state index in [-0.39, 0.29) is 18.4 Å². The van der Waals surface area contributed by atoms with Gasteiger partial charge < -0.3 is 4.90 Å². The van der Waals surface area contributed by atoms with Crippen molar-refractivity contribution in [3.63, 3.8) is 0 Å². The molecule has 0 aliphatic carbocycles. The van der Waals surface area contributed by atoms with Gasteiger partial charge >= 0.3 is 0 Å². The molecule has 2 aromatic carbocycles. The maximum absolute atomic E-state index is 13.1. The molecule has 4 rings (SSSR count). The third kappa shape index (κ3) is 4.34. The Morgan fingerprint density at radius 2 is 1.93 bits per heavy atom. The van der Waals surface area contributed by atoms with E-state index in [0.717, 1.165) is 39.9 Å². The Balaban J connectivity index is 1.52. The van der Waals surface area contributed by atoms with Crippen molar-refractivity contribution >= 4 is 43.2 Å². The zero-order valence-corrected chi connectivity index (χ0v) is 18.7. The van der Waals surface area contributed by atoms with Crippen LogP contribution in [-0.2, 0) is 14.8 Å². The number of sulfonamides is 1. The van der Waals surface area contributed by atoms with Gasteiger partial charge in [0.05, 0.1) is 27.2 Å². The molecule has 1 aliphatic heterocycles. The molecule has 0 spiro atoms. The molecule has 158 valence electrons. The number of anilines is 1. The molecule has 8 heteroatoms. The molecule has 1 unspecified atom stereocenters. The Hall–Kier alpha value is -2.45. The fourth-order valence-corrected chi connectivity index (χ4v) is 5.92. The SMILES string of the molecule is Cc1ccccc1N(CC(=O)N1CCCC(c2nc3ccccc3s2)C1)S(C)(=O)=O. The Morgan fingerprint density at radius 1 is 1.20 bits per heavy atom. The average Bonchev–Trinajstić information content (AvgIpc) is 3.16. The molecule has 1 aromatic heterocycles. The van der Waals surface area contributed by atoms with Crippen molar-refractivity contribution < 1.29 is 13.2 Å². The van der Waals surface area contributed by atoms with Gasteiger partial charge in [-0.1, -0.05) is 30.3 Å². The lowest BCUT2D eigenvalue weighted by atomic mass is 9.98. The summed E-state index contributed by atoms with van der Waals surface area (Å²) in [4.78, 5) is 19.6. The van der Waals surface area contributed by atoms with Crippen LogP contribution < -0.4 is 4.31 Å². The Kier molecular flexibility index (Phi) is 5.79. The normalized spacial score (nSPS) is 17.3. The van der Waals surface area contributed by atoms with Crippen molar-refractivity contribution in [2.75, 3.05) is 30.2 Å². The zero-order valence-electron chi connectivity index (χ0n) is 17.1. The van der Waals surface area contributed by atoms with Crippen LogP contribution in [0.5, 0.6) is 0 Å². The van der Waals surface area contributed by atoms with Crippen LogP contribution in [0.3, 0.4) is 0 Å². The summed E-state index contributed by atoms with van der Waals surface area (Å²) in [6.45, 7) is 2.88. The number of hydrogen-bond donors (Lipinski definition) is 0. The summed E-state index contributed by atoms with van der Waals surface area (Å²) < 4.78 is 27.2. The fourth-order valence-electron chi connectivity index (χ4n) is 3.92. The average molecular weight is 444 g/mol. The minimum absolute atomic E-state index is 0.172. The van der Waals surface area contributed by atoms with E-state index in [1.54, 1.807) is 28.4 Å². The molecule has 0 saturated carbocycles. The smallest absolute Gasteiger partial charge is 0.243 e. The Morgan fingerprint density at radius 3 is 2.67 bits per heavy atom. The van der Waals surface area contributed by atoms with Gasteiger partial charge in [0, 0.05) is 19.0 Å². The minimum atomic E-state index is -3.58. The van der Waals surface area contributed by atoms with Crippen LogP contribution in [0.1, 0.15) is 29.3 Å². The number of rotatable bonds is 5. The largest absolute Gasteiger partial charge is 0.340 e. The van der Waals surface area contributed by atoms with Gasteiger partial charge in [-0.2, -0.15) is 0 Å². The number of likely N-dealkylation sites (tertiary alicyclic amines) is 1. The third-order valence-electron chi connectivity index (χ3n) is 5.50. The van der Waals surface area contributed by atoms with E-state index in [2.05, 4.69) is 6.07 Å². The molecule has 6 nitrogen and oxygen atoms in total. The molecule has 30 heavy (non-hydrogen) atoms. The van der Waals surface area contributed by atoms with Gasteiger partial charge in [-0.25, -0.2) is 13.4 Å². The number of carbonyl (C=O) groups is 1. The lowest BCUT2D eigenvalue weighted by molar-refractivity contribution is -0.130. The second-order valence-corrected chi connectivity index (χ2v) is 10.7. The first-order chi connectivity index (χ1) is 14.3. The molecule has 1 amide bonds. The van der Waals surface area contributed by atoms with Crippen molar-refractivity contribution in [2.45, 2.75) is 25.7 Å². The number of benzene rings is 2. The topological polar surface area (TPSA) is 70.6 Å². The quantitative estimate of drug-likeness (QED) is 0.602. The van der Waals surface area contributed by atoms with Crippen LogP contribution in [0.25, 0.3) is 10.2 Å². The van der Waals surface area contributed by atoms with Gasteiger partial charge in [-0.3, -0.25) is 9.10 Å². The van der Waals surface area contributed by atoms with E-state index >= 15 is 0 Å². The third-order valence-corrected chi connectivity index (χ3v) is 7.82. The molecular formula is C22H25N3O3S2. The van der Waals surface area contributed by atoms with Crippen LogP contribution in [-0.4, -0.2) is 50.1 Å². The number of aryl methyl sites for hydroxylation is 1. The first-order valence-corrected chi connectivity index (χ1v) is 12.7.